The molecular formula is C23H27ClN2O4S. The van der Waals surface area contributed by atoms with E-state index < -0.39 is 16.3 Å². The summed E-state index contributed by atoms with van der Waals surface area (Å²) in [4.78, 5) is 17.5. The van der Waals surface area contributed by atoms with Gasteiger partial charge in [-0.15, -0.1) is 0 Å². The van der Waals surface area contributed by atoms with Crippen LogP contribution in [0.3, 0.4) is 0 Å². The maximum atomic E-state index is 13.3. The Labute approximate surface area is 189 Å². The van der Waals surface area contributed by atoms with Crippen molar-refractivity contribution in [1.82, 2.24) is 4.90 Å². The van der Waals surface area contributed by atoms with Crippen molar-refractivity contribution in [3.8, 4) is 0 Å². The molecule has 0 saturated carbocycles. The topological polar surface area (TPSA) is 77.9 Å². The molecule has 1 amide bonds. The van der Waals surface area contributed by atoms with E-state index in [1.54, 1.807) is 12.1 Å². The smallest absolute Gasteiger partial charge is 0.244 e. The normalized spacial score (nSPS) is 19.2. The number of hydrogen-bond acceptors (Lipinski definition) is 5. The van der Waals surface area contributed by atoms with E-state index >= 15 is 0 Å². The molecular weight excluding hydrogens is 436 g/mol. The van der Waals surface area contributed by atoms with Gasteiger partial charge in [-0.05, 0) is 74.1 Å². The third kappa shape index (κ3) is 4.45. The van der Waals surface area contributed by atoms with Gasteiger partial charge < -0.3 is 14.9 Å². The number of hydrogen-bond donors (Lipinski definition) is 2. The van der Waals surface area contributed by atoms with Gasteiger partial charge >= 0.3 is 0 Å². The molecule has 0 unspecified atom stereocenters. The van der Waals surface area contributed by atoms with Crippen LogP contribution in [0.4, 0.5) is 5.69 Å². The summed E-state index contributed by atoms with van der Waals surface area (Å²) in [7, 11) is -2.64. The van der Waals surface area contributed by atoms with Crippen molar-refractivity contribution in [2.45, 2.75) is 49.1 Å². The minimum atomic E-state index is -2.64. The highest BCUT2D eigenvalue weighted by atomic mass is 35.5. The number of carbonyl (C=O) groups excluding carboxylic acids is 1. The number of aryl methyl sites for hydroxylation is 1. The second kappa shape index (κ2) is 8.81. The first-order chi connectivity index (χ1) is 14.8. The predicted octanol–water partition coefficient (Wildman–Crippen LogP) is 2.96. The van der Waals surface area contributed by atoms with Gasteiger partial charge in [0.05, 0.1) is 10.5 Å². The summed E-state index contributed by atoms with van der Waals surface area (Å²) >= 11 is 6.14. The number of halogens is 1. The summed E-state index contributed by atoms with van der Waals surface area (Å²) < 4.78 is 22.2. The van der Waals surface area contributed by atoms with Crippen LogP contribution >= 0.6 is 11.6 Å². The first-order valence-electron chi connectivity index (χ1n) is 10.6. The summed E-state index contributed by atoms with van der Waals surface area (Å²) in [6.45, 7) is 3.68. The molecule has 1 atom stereocenters. The quantitative estimate of drug-likeness (QED) is 0.683. The van der Waals surface area contributed by atoms with Gasteiger partial charge in [-0.25, -0.2) is 8.42 Å². The van der Waals surface area contributed by atoms with Crippen molar-refractivity contribution >= 4 is 33.9 Å². The second-order valence-corrected chi connectivity index (χ2v) is 9.87. The maximum absolute atomic E-state index is 13.3. The summed E-state index contributed by atoms with van der Waals surface area (Å²) in [5.41, 5.74) is 1.88. The number of amides is 1. The van der Waals surface area contributed by atoms with Crippen molar-refractivity contribution in [3.63, 3.8) is 0 Å². The molecule has 2 heterocycles. The van der Waals surface area contributed by atoms with Crippen LogP contribution < -0.4 is 4.90 Å². The minimum Gasteiger partial charge on any atom is -0.385 e. The van der Waals surface area contributed by atoms with Crippen molar-refractivity contribution in [3.05, 3.63) is 58.6 Å². The van der Waals surface area contributed by atoms with E-state index in [0.717, 1.165) is 25.1 Å². The van der Waals surface area contributed by atoms with Crippen LogP contribution in [0.1, 0.15) is 37.3 Å². The number of rotatable bonds is 4. The van der Waals surface area contributed by atoms with Gasteiger partial charge in [0.2, 0.25) is 5.91 Å². The number of fused-ring (bicyclic) bond motifs is 1. The molecule has 1 saturated heterocycles. The fourth-order valence-electron chi connectivity index (χ4n) is 4.67. The average Bonchev–Trinajstić information content (AvgIpc) is 2.78. The molecule has 0 aliphatic carbocycles. The number of thiol groups is 1. The standard InChI is InChI=1S/C23H27ClN2O4S/c1-16(26-12-2-3-17-15-19(24)6-9-21(17)26)22(27)25-13-10-23(28,11-14-25)18-4-7-20(8-5-18)31(29)30/h4-9,15-16,28,31H,2-3,10-14H2,1H3/t16-/m0/s1. The molecule has 31 heavy (non-hydrogen) atoms. The molecule has 0 aromatic heterocycles. The zero-order valence-electron chi connectivity index (χ0n) is 17.5. The lowest BCUT2D eigenvalue weighted by Gasteiger charge is -2.42. The number of nitrogens with zero attached hydrogens (tertiary/aromatic N) is 2. The van der Waals surface area contributed by atoms with Crippen LogP contribution in [-0.4, -0.2) is 50.0 Å². The highest BCUT2D eigenvalue weighted by Gasteiger charge is 2.37. The van der Waals surface area contributed by atoms with Crippen molar-refractivity contribution in [2.24, 2.45) is 0 Å². The minimum absolute atomic E-state index is 0.0588. The molecule has 166 valence electrons. The van der Waals surface area contributed by atoms with Gasteiger partial charge in [-0.3, -0.25) is 4.79 Å². The summed E-state index contributed by atoms with van der Waals surface area (Å²) in [5, 5.41) is 11.8. The van der Waals surface area contributed by atoms with E-state index in [-0.39, 0.29) is 16.8 Å². The van der Waals surface area contributed by atoms with Gasteiger partial charge in [-0.1, -0.05) is 23.7 Å². The van der Waals surface area contributed by atoms with E-state index in [1.165, 1.54) is 17.7 Å². The molecule has 0 spiro atoms. The average molecular weight is 463 g/mol. The van der Waals surface area contributed by atoms with Gasteiger partial charge in [0, 0.05) is 30.3 Å². The Morgan fingerprint density at radius 3 is 2.42 bits per heavy atom. The molecule has 1 N–H and O–H groups in total. The number of carbonyl (C=O) groups is 1. The van der Waals surface area contributed by atoms with Gasteiger partial charge in [0.1, 0.15) is 6.04 Å². The fraction of sp³-hybridized carbons (Fsp3) is 0.435. The molecule has 8 heteroatoms. The Bertz CT molecular complexity index is 1040. The van der Waals surface area contributed by atoms with Crippen LogP contribution in [0.2, 0.25) is 5.02 Å². The van der Waals surface area contributed by atoms with E-state index in [9.17, 15) is 18.3 Å². The first-order valence-corrected chi connectivity index (χ1v) is 12.2. The molecule has 4 rings (SSSR count). The Balaban J connectivity index is 1.44. The van der Waals surface area contributed by atoms with E-state index in [2.05, 4.69) is 4.90 Å². The van der Waals surface area contributed by atoms with Crippen LogP contribution in [0.15, 0.2) is 47.4 Å². The second-order valence-electron chi connectivity index (χ2n) is 8.41. The van der Waals surface area contributed by atoms with Crippen molar-refractivity contribution in [2.75, 3.05) is 24.5 Å². The highest BCUT2D eigenvalue weighted by Crippen LogP contribution is 2.35. The number of anilines is 1. The molecule has 2 aromatic carbocycles. The lowest BCUT2D eigenvalue weighted by molar-refractivity contribution is -0.136. The zero-order valence-corrected chi connectivity index (χ0v) is 19.1. The monoisotopic (exact) mass is 462 g/mol. The van der Waals surface area contributed by atoms with E-state index in [1.807, 2.05) is 30.0 Å². The predicted molar refractivity (Wildman–Crippen MR) is 121 cm³/mol. The number of piperidine rings is 1. The summed E-state index contributed by atoms with van der Waals surface area (Å²) in [6.07, 6.45) is 2.78. The fourth-order valence-corrected chi connectivity index (χ4v) is 5.26. The molecule has 0 bridgehead atoms. The Hall–Kier alpha value is -2.09. The Kier molecular flexibility index (Phi) is 6.28. The van der Waals surface area contributed by atoms with E-state index in [4.69, 9.17) is 11.6 Å². The maximum Gasteiger partial charge on any atom is 0.244 e. The Morgan fingerprint density at radius 1 is 1.10 bits per heavy atom. The number of aliphatic hydroxyl groups is 1. The lowest BCUT2D eigenvalue weighted by atomic mass is 9.84. The molecule has 6 nitrogen and oxygen atoms in total. The van der Waals surface area contributed by atoms with Crippen LogP contribution in [0.25, 0.3) is 0 Å². The lowest BCUT2D eigenvalue weighted by Crippen LogP contribution is -2.53. The summed E-state index contributed by atoms with van der Waals surface area (Å²) in [5.74, 6) is 0.0588. The van der Waals surface area contributed by atoms with Gasteiger partial charge in [0.25, 0.3) is 0 Å². The van der Waals surface area contributed by atoms with Gasteiger partial charge in [-0.2, -0.15) is 0 Å². The highest BCUT2D eigenvalue weighted by molar-refractivity contribution is 7.72. The first kappa shape index (κ1) is 22.1. The molecule has 1 fully saturated rings. The third-order valence-corrected chi connectivity index (χ3v) is 7.49. The van der Waals surface area contributed by atoms with E-state index in [0.29, 0.717) is 36.5 Å². The SMILES string of the molecule is C[C@@H](C(=O)N1CCC(O)(c2ccc([SH](=O)=O)cc2)CC1)N1CCCc2cc(Cl)ccc21. The zero-order chi connectivity index (χ0) is 22.2. The molecule has 2 aliphatic heterocycles. The molecule has 2 aromatic rings. The molecule has 2 aliphatic rings. The largest absolute Gasteiger partial charge is 0.385 e. The summed E-state index contributed by atoms with van der Waals surface area (Å²) in [6, 6.07) is 11.9. The third-order valence-electron chi connectivity index (χ3n) is 6.54. The number of likely N-dealkylation sites (tertiary alicyclic amines) is 1. The Morgan fingerprint density at radius 2 is 1.77 bits per heavy atom. The van der Waals surface area contributed by atoms with Crippen LogP contribution in [0.5, 0.6) is 0 Å². The van der Waals surface area contributed by atoms with Crippen LogP contribution in [-0.2, 0) is 27.5 Å². The van der Waals surface area contributed by atoms with Crippen LogP contribution in [0, 0.1) is 0 Å². The number of benzene rings is 2. The molecule has 0 radical (unpaired) electrons. The van der Waals surface area contributed by atoms with Gasteiger partial charge in [0.15, 0.2) is 10.7 Å². The van der Waals surface area contributed by atoms with Crippen molar-refractivity contribution < 1.29 is 18.3 Å². The van der Waals surface area contributed by atoms with Crippen molar-refractivity contribution in [1.29, 1.82) is 0 Å².